The predicted molar refractivity (Wildman–Crippen MR) is 69.8 cm³/mol. The molecule has 1 aromatic rings. The van der Waals surface area contributed by atoms with Crippen molar-refractivity contribution >= 4 is 5.69 Å². The van der Waals surface area contributed by atoms with E-state index < -0.39 is 17.5 Å². The van der Waals surface area contributed by atoms with Gasteiger partial charge in [-0.15, -0.1) is 0 Å². The summed E-state index contributed by atoms with van der Waals surface area (Å²) < 4.78 is 40.2. The highest BCUT2D eigenvalue weighted by molar-refractivity contribution is 5.50. The Labute approximate surface area is 111 Å². The molecule has 0 spiro atoms. The molecule has 1 N–H and O–H groups in total. The molecule has 1 heterocycles. The van der Waals surface area contributed by atoms with Crippen molar-refractivity contribution in [2.45, 2.75) is 38.8 Å². The van der Waals surface area contributed by atoms with Crippen LogP contribution in [0.2, 0.25) is 0 Å². The highest BCUT2D eigenvalue weighted by atomic mass is 19.2. The molecule has 0 aromatic heterocycles. The van der Waals surface area contributed by atoms with Crippen molar-refractivity contribution in [1.29, 1.82) is 0 Å². The van der Waals surface area contributed by atoms with Gasteiger partial charge in [0.15, 0.2) is 17.5 Å². The van der Waals surface area contributed by atoms with E-state index in [4.69, 9.17) is 0 Å². The summed E-state index contributed by atoms with van der Waals surface area (Å²) in [6.45, 7) is 9.05. The molecule has 1 aliphatic heterocycles. The summed E-state index contributed by atoms with van der Waals surface area (Å²) in [5.41, 5.74) is -0.362. The van der Waals surface area contributed by atoms with Gasteiger partial charge in [0.25, 0.3) is 0 Å². The van der Waals surface area contributed by atoms with E-state index in [1.54, 1.807) is 4.90 Å². The smallest absolute Gasteiger partial charge is 0.196 e. The second kappa shape index (κ2) is 4.40. The van der Waals surface area contributed by atoms with Gasteiger partial charge in [-0.1, -0.05) is 0 Å². The third-order valence-electron chi connectivity index (χ3n) is 3.20. The Kier molecular flexibility index (Phi) is 3.29. The number of hydrogen-bond acceptors (Lipinski definition) is 2. The van der Waals surface area contributed by atoms with Crippen molar-refractivity contribution in [1.82, 2.24) is 5.32 Å². The van der Waals surface area contributed by atoms with Crippen molar-refractivity contribution in [3.63, 3.8) is 0 Å². The van der Waals surface area contributed by atoms with Crippen LogP contribution in [0, 0.1) is 17.5 Å². The fourth-order valence-electron chi connectivity index (χ4n) is 2.94. The first kappa shape index (κ1) is 14.2. The Morgan fingerprint density at radius 1 is 0.947 bits per heavy atom. The van der Waals surface area contributed by atoms with Crippen molar-refractivity contribution in [3.8, 4) is 0 Å². The number of anilines is 1. The lowest BCUT2D eigenvalue weighted by molar-refractivity contribution is 0.225. The molecular weight excluding hydrogens is 253 g/mol. The largest absolute Gasteiger partial charge is 0.365 e. The molecule has 106 valence electrons. The van der Waals surface area contributed by atoms with E-state index in [9.17, 15) is 13.2 Å². The average molecular weight is 272 g/mol. The van der Waals surface area contributed by atoms with Gasteiger partial charge in [0, 0.05) is 24.2 Å². The second-order valence-corrected chi connectivity index (χ2v) is 6.44. The van der Waals surface area contributed by atoms with Gasteiger partial charge in [-0.05, 0) is 39.8 Å². The monoisotopic (exact) mass is 272 g/mol. The molecule has 2 nitrogen and oxygen atoms in total. The molecule has 0 aliphatic carbocycles. The van der Waals surface area contributed by atoms with E-state index in [2.05, 4.69) is 5.32 Å². The maximum atomic E-state index is 13.9. The van der Waals surface area contributed by atoms with Crippen LogP contribution in [-0.4, -0.2) is 24.2 Å². The van der Waals surface area contributed by atoms with Crippen LogP contribution in [0.4, 0.5) is 18.9 Å². The zero-order chi connectivity index (χ0) is 14.4. The molecule has 0 atom stereocenters. The van der Waals surface area contributed by atoms with Crippen LogP contribution in [-0.2, 0) is 0 Å². The number of piperazine rings is 1. The van der Waals surface area contributed by atoms with E-state index >= 15 is 0 Å². The molecule has 0 saturated carbocycles. The summed E-state index contributed by atoms with van der Waals surface area (Å²) in [5.74, 6) is -3.69. The van der Waals surface area contributed by atoms with Crippen LogP contribution in [0.25, 0.3) is 0 Å². The summed E-state index contributed by atoms with van der Waals surface area (Å²) in [6.07, 6.45) is 0. The summed E-state index contributed by atoms with van der Waals surface area (Å²) in [6, 6.07) is 2.26. The summed E-state index contributed by atoms with van der Waals surface area (Å²) >= 11 is 0. The molecule has 1 aliphatic rings. The molecule has 19 heavy (non-hydrogen) atoms. The Morgan fingerprint density at radius 2 is 1.47 bits per heavy atom. The normalized spacial score (nSPS) is 21.5. The number of benzene rings is 1. The number of hydrogen-bond donors (Lipinski definition) is 1. The maximum absolute atomic E-state index is 13.9. The van der Waals surface area contributed by atoms with Gasteiger partial charge in [-0.2, -0.15) is 0 Å². The number of nitrogens with zero attached hydrogens (tertiary/aromatic N) is 1. The maximum Gasteiger partial charge on any atom is 0.196 e. The van der Waals surface area contributed by atoms with Gasteiger partial charge in [-0.3, -0.25) is 0 Å². The molecular formula is C14H19F3N2. The zero-order valence-corrected chi connectivity index (χ0v) is 11.7. The minimum absolute atomic E-state index is 0.113. The SMILES string of the molecule is CC1(C)CN(c2ccc(F)c(F)c2F)CC(C)(C)N1. The van der Waals surface area contributed by atoms with Crippen LogP contribution in [0.15, 0.2) is 12.1 Å². The molecule has 0 radical (unpaired) electrons. The van der Waals surface area contributed by atoms with E-state index in [1.807, 2.05) is 27.7 Å². The van der Waals surface area contributed by atoms with Crippen molar-refractivity contribution in [2.24, 2.45) is 0 Å². The van der Waals surface area contributed by atoms with Crippen LogP contribution >= 0.6 is 0 Å². The topological polar surface area (TPSA) is 15.3 Å². The van der Waals surface area contributed by atoms with E-state index in [0.29, 0.717) is 13.1 Å². The Morgan fingerprint density at radius 3 is 2.00 bits per heavy atom. The highest BCUT2D eigenvalue weighted by Gasteiger charge is 2.37. The van der Waals surface area contributed by atoms with Crippen LogP contribution in [0.5, 0.6) is 0 Å². The molecule has 2 rings (SSSR count). The van der Waals surface area contributed by atoms with Crippen LogP contribution < -0.4 is 10.2 Å². The lowest BCUT2D eigenvalue weighted by Gasteiger charge is -2.49. The van der Waals surface area contributed by atoms with Crippen molar-refractivity contribution < 1.29 is 13.2 Å². The number of rotatable bonds is 1. The first-order chi connectivity index (χ1) is 8.61. The second-order valence-electron chi connectivity index (χ2n) is 6.44. The van der Waals surface area contributed by atoms with Crippen LogP contribution in [0.1, 0.15) is 27.7 Å². The first-order valence-corrected chi connectivity index (χ1v) is 6.29. The fraction of sp³-hybridized carbons (Fsp3) is 0.571. The Bertz CT molecular complexity index is 482. The van der Waals surface area contributed by atoms with Crippen molar-refractivity contribution in [2.75, 3.05) is 18.0 Å². The van der Waals surface area contributed by atoms with Gasteiger partial charge in [0.2, 0.25) is 0 Å². The molecule has 1 saturated heterocycles. The molecule has 5 heteroatoms. The minimum atomic E-state index is -1.41. The quantitative estimate of drug-likeness (QED) is 0.790. The molecule has 1 aromatic carbocycles. The third kappa shape index (κ3) is 2.86. The summed E-state index contributed by atoms with van der Waals surface area (Å²) in [5, 5.41) is 3.45. The van der Waals surface area contributed by atoms with Gasteiger partial charge >= 0.3 is 0 Å². The van der Waals surface area contributed by atoms with Crippen molar-refractivity contribution in [3.05, 3.63) is 29.6 Å². The minimum Gasteiger partial charge on any atom is -0.365 e. The molecule has 0 unspecified atom stereocenters. The van der Waals surface area contributed by atoms with Gasteiger partial charge in [-0.25, -0.2) is 13.2 Å². The lowest BCUT2D eigenvalue weighted by Crippen LogP contribution is -2.67. The van der Waals surface area contributed by atoms with Gasteiger partial charge in [0.05, 0.1) is 5.69 Å². The van der Waals surface area contributed by atoms with Gasteiger partial charge in [0.1, 0.15) is 0 Å². The molecule has 0 amide bonds. The van der Waals surface area contributed by atoms with E-state index in [-0.39, 0.29) is 16.8 Å². The van der Waals surface area contributed by atoms with Gasteiger partial charge < -0.3 is 10.2 Å². The Balaban J connectivity index is 2.39. The first-order valence-electron chi connectivity index (χ1n) is 6.29. The zero-order valence-electron chi connectivity index (χ0n) is 11.7. The predicted octanol–water partition coefficient (Wildman–Crippen LogP) is 3.07. The summed E-state index contributed by atoms with van der Waals surface area (Å²) in [7, 11) is 0. The summed E-state index contributed by atoms with van der Waals surface area (Å²) in [4.78, 5) is 1.76. The number of halogens is 3. The third-order valence-corrected chi connectivity index (χ3v) is 3.20. The standard InChI is InChI=1S/C14H19F3N2/c1-13(2)7-19(8-14(3,4)18-13)10-6-5-9(15)11(16)12(10)17/h5-6,18H,7-8H2,1-4H3. The average Bonchev–Trinajstić information content (AvgIpc) is 2.21. The fourth-order valence-corrected chi connectivity index (χ4v) is 2.94. The van der Waals surface area contributed by atoms with E-state index in [1.165, 1.54) is 6.07 Å². The Hall–Kier alpha value is -1.23. The molecule has 0 bridgehead atoms. The van der Waals surface area contributed by atoms with Crippen LogP contribution in [0.3, 0.4) is 0 Å². The lowest BCUT2D eigenvalue weighted by atomic mass is 9.91. The number of nitrogens with one attached hydrogen (secondary N) is 1. The highest BCUT2D eigenvalue weighted by Crippen LogP contribution is 2.29. The van der Waals surface area contributed by atoms with E-state index in [0.717, 1.165) is 6.07 Å². The molecule has 1 fully saturated rings.